The Labute approximate surface area is 200 Å². The summed E-state index contributed by atoms with van der Waals surface area (Å²) in [5.74, 6) is 0.696. The van der Waals surface area contributed by atoms with Gasteiger partial charge in [-0.25, -0.2) is 4.99 Å². The number of amidine groups is 1. The van der Waals surface area contributed by atoms with Gasteiger partial charge < -0.3 is 21.3 Å². The second-order valence-electron chi connectivity index (χ2n) is 8.66. The lowest BCUT2D eigenvalue weighted by molar-refractivity contribution is -0.120. The topological polar surface area (TPSA) is 77.5 Å². The number of aryl methyl sites for hydroxylation is 2. The Bertz CT molecular complexity index is 1060. The molecule has 0 spiro atoms. The van der Waals surface area contributed by atoms with E-state index in [-0.39, 0.29) is 18.0 Å². The maximum absolute atomic E-state index is 12.9. The van der Waals surface area contributed by atoms with Crippen LogP contribution in [-0.2, 0) is 17.6 Å². The van der Waals surface area contributed by atoms with E-state index >= 15 is 0 Å². The Kier molecular flexibility index (Phi) is 7.68. The van der Waals surface area contributed by atoms with Crippen molar-refractivity contribution in [2.75, 3.05) is 29.0 Å². The maximum Gasteiger partial charge on any atom is 0.228 e. The zero-order chi connectivity index (χ0) is 23.2. The Morgan fingerprint density at radius 2 is 2.06 bits per heavy atom. The van der Waals surface area contributed by atoms with Crippen LogP contribution in [0.1, 0.15) is 37.8 Å². The van der Waals surface area contributed by atoms with Gasteiger partial charge >= 0.3 is 0 Å². The van der Waals surface area contributed by atoms with Crippen molar-refractivity contribution in [1.29, 1.82) is 0 Å². The molecule has 2 aromatic carbocycles. The summed E-state index contributed by atoms with van der Waals surface area (Å²) in [4.78, 5) is 17.7. The molecule has 4 N–H and O–H groups in total. The normalized spacial score (nSPS) is 22.9. The van der Waals surface area contributed by atoms with Crippen LogP contribution < -0.4 is 21.3 Å². The first-order valence-corrected chi connectivity index (χ1v) is 12.1. The van der Waals surface area contributed by atoms with Gasteiger partial charge in [0.2, 0.25) is 5.91 Å². The highest BCUT2D eigenvalue weighted by atomic mass is 35.5. The van der Waals surface area contributed by atoms with E-state index in [9.17, 15) is 4.79 Å². The fraction of sp³-hybridized carbons (Fsp3) is 0.385. The molecule has 2 aromatic rings. The molecule has 33 heavy (non-hydrogen) atoms. The summed E-state index contributed by atoms with van der Waals surface area (Å²) in [6.45, 7) is 5.61. The van der Waals surface area contributed by atoms with Crippen LogP contribution >= 0.6 is 11.6 Å². The molecule has 6 nitrogen and oxygen atoms in total. The Morgan fingerprint density at radius 3 is 2.85 bits per heavy atom. The van der Waals surface area contributed by atoms with Gasteiger partial charge in [-0.05, 0) is 87.5 Å². The van der Waals surface area contributed by atoms with E-state index in [4.69, 9.17) is 16.6 Å². The second kappa shape index (κ2) is 10.9. The summed E-state index contributed by atoms with van der Waals surface area (Å²) in [5.41, 5.74) is 5.08. The molecule has 0 radical (unpaired) electrons. The number of amides is 1. The molecule has 2 aliphatic heterocycles. The highest BCUT2D eigenvalue weighted by Crippen LogP contribution is 2.26. The van der Waals surface area contributed by atoms with E-state index in [0.29, 0.717) is 10.9 Å². The number of hydrogen-bond donors (Lipinski definition) is 4. The van der Waals surface area contributed by atoms with Crippen molar-refractivity contribution in [2.24, 2.45) is 10.9 Å². The van der Waals surface area contributed by atoms with Crippen molar-refractivity contribution in [2.45, 2.75) is 45.7 Å². The SMILES string of the molecule is C/C=C(Cl)\C1=N/C(C)Nc2cccc(c2)CCc2cc(ccc2NC(=O)C2CCCNC2)N1. The largest absolute Gasteiger partial charge is 0.364 e. The van der Waals surface area contributed by atoms with E-state index in [1.807, 2.05) is 38.1 Å². The molecule has 4 rings (SSSR count). The van der Waals surface area contributed by atoms with Gasteiger partial charge in [0.05, 0.1) is 11.0 Å². The monoisotopic (exact) mass is 465 g/mol. The van der Waals surface area contributed by atoms with E-state index in [1.54, 1.807) is 0 Å². The molecule has 1 fully saturated rings. The third-order valence-corrected chi connectivity index (χ3v) is 6.48. The van der Waals surface area contributed by atoms with Crippen LogP contribution in [0.3, 0.4) is 0 Å². The first kappa shape index (κ1) is 23.3. The fourth-order valence-corrected chi connectivity index (χ4v) is 4.40. The highest BCUT2D eigenvalue weighted by Gasteiger charge is 2.22. The molecule has 2 heterocycles. The van der Waals surface area contributed by atoms with Crippen LogP contribution in [-0.4, -0.2) is 31.0 Å². The van der Waals surface area contributed by atoms with Crippen molar-refractivity contribution in [3.63, 3.8) is 0 Å². The highest BCUT2D eigenvalue weighted by molar-refractivity contribution is 6.44. The van der Waals surface area contributed by atoms with Crippen molar-refractivity contribution < 1.29 is 4.79 Å². The second-order valence-corrected chi connectivity index (χ2v) is 9.07. The lowest BCUT2D eigenvalue weighted by atomic mass is 9.97. The number of allylic oxidation sites excluding steroid dienone is 1. The molecular formula is C26H32ClN5O. The van der Waals surface area contributed by atoms with E-state index in [0.717, 1.165) is 61.4 Å². The number of aliphatic imine (C=N–C) groups is 1. The zero-order valence-corrected chi connectivity index (χ0v) is 20.0. The lowest BCUT2D eigenvalue weighted by Crippen LogP contribution is -2.37. The maximum atomic E-state index is 12.9. The molecule has 0 aliphatic carbocycles. The number of benzene rings is 2. The zero-order valence-electron chi connectivity index (χ0n) is 19.2. The van der Waals surface area contributed by atoms with Gasteiger partial charge in [0.25, 0.3) is 0 Å². The summed E-state index contributed by atoms with van der Waals surface area (Å²) in [6, 6.07) is 14.4. The number of hydrogen-bond acceptors (Lipinski definition) is 5. The van der Waals surface area contributed by atoms with Gasteiger partial charge in [-0.2, -0.15) is 0 Å². The molecular weight excluding hydrogens is 434 g/mol. The number of carbonyl (C=O) groups excluding carboxylic acids is 1. The van der Waals surface area contributed by atoms with Crippen molar-refractivity contribution in [1.82, 2.24) is 5.32 Å². The minimum Gasteiger partial charge on any atom is -0.364 e. The Morgan fingerprint density at radius 1 is 1.18 bits per heavy atom. The van der Waals surface area contributed by atoms with Crippen LogP contribution in [0, 0.1) is 5.92 Å². The quantitative estimate of drug-likeness (QED) is 0.506. The molecule has 0 saturated carbocycles. The van der Waals surface area contributed by atoms with Gasteiger partial charge in [0.15, 0.2) is 0 Å². The molecule has 7 heteroatoms. The average molecular weight is 466 g/mol. The Hall–Kier alpha value is -2.83. The van der Waals surface area contributed by atoms with Gasteiger partial charge in [0.1, 0.15) is 12.0 Å². The molecule has 2 unspecified atom stereocenters. The number of nitrogens with zero attached hydrogens (tertiary/aromatic N) is 1. The third-order valence-electron chi connectivity index (χ3n) is 6.08. The number of fused-ring (bicyclic) bond motifs is 4. The standard InChI is InChI=1S/C26H32ClN5O/c1-3-23(27)25-30-17(2)29-21-8-4-6-18(14-21)9-10-19-15-22(31-25)11-12-24(19)32-26(33)20-7-5-13-28-16-20/h3-4,6,8,11-12,14-15,17,20,28-29H,5,7,9-10,13,16H2,1-2H3,(H,30,31)(H,32,33)/b23-3+. The van der Waals surface area contributed by atoms with E-state index < -0.39 is 0 Å². The molecule has 2 atom stereocenters. The molecule has 0 aromatic heterocycles. The van der Waals surface area contributed by atoms with Crippen LogP contribution in [0.25, 0.3) is 0 Å². The van der Waals surface area contributed by atoms with E-state index in [1.165, 1.54) is 5.56 Å². The number of carbonyl (C=O) groups is 1. The number of rotatable bonds is 3. The van der Waals surface area contributed by atoms with E-state index in [2.05, 4.69) is 45.5 Å². The lowest BCUT2D eigenvalue weighted by Gasteiger charge is -2.23. The van der Waals surface area contributed by atoms with Crippen LogP contribution in [0.2, 0.25) is 0 Å². The third kappa shape index (κ3) is 6.15. The predicted molar refractivity (Wildman–Crippen MR) is 138 cm³/mol. The number of anilines is 3. The first-order chi connectivity index (χ1) is 16.0. The molecule has 1 saturated heterocycles. The summed E-state index contributed by atoms with van der Waals surface area (Å²) in [6.07, 6.45) is 5.28. The summed E-state index contributed by atoms with van der Waals surface area (Å²) in [5, 5.41) is 13.9. The van der Waals surface area contributed by atoms with Gasteiger partial charge in [-0.3, -0.25) is 4.79 Å². The van der Waals surface area contributed by atoms with Crippen molar-refractivity contribution >= 4 is 40.4 Å². The van der Waals surface area contributed by atoms with Gasteiger partial charge in [0, 0.05) is 23.6 Å². The number of piperidine rings is 1. The first-order valence-electron chi connectivity index (χ1n) is 11.7. The summed E-state index contributed by atoms with van der Waals surface area (Å²) in [7, 11) is 0. The summed E-state index contributed by atoms with van der Waals surface area (Å²) < 4.78 is 0. The number of nitrogens with one attached hydrogen (secondary N) is 4. The van der Waals surface area contributed by atoms with Crippen molar-refractivity contribution in [3.05, 3.63) is 64.7 Å². The van der Waals surface area contributed by atoms with Crippen LogP contribution in [0.15, 0.2) is 58.6 Å². The molecule has 2 aliphatic rings. The summed E-state index contributed by atoms with van der Waals surface area (Å²) >= 11 is 6.48. The van der Waals surface area contributed by atoms with Gasteiger partial charge in [-0.1, -0.05) is 29.8 Å². The minimum absolute atomic E-state index is 0.00925. The minimum atomic E-state index is -0.167. The fourth-order valence-electron chi connectivity index (χ4n) is 4.30. The Balaban J connectivity index is 1.67. The van der Waals surface area contributed by atoms with Crippen molar-refractivity contribution in [3.8, 4) is 0 Å². The number of halogens is 1. The molecule has 4 bridgehead atoms. The van der Waals surface area contributed by atoms with Crippen LogP contribution in [0.4, 0.5) is 17.1 Å². The smallest absolute Gasteiger partial charge is 0.228 e. The molecule has 1 amide bonds. The molecule has 174 valence electrons. The average Bonchev–Trinajstić information content (AvgIpc) is 2.83. The predicted octanol–water partition coefficient (Wildman–Crippen LogP) is 5.13. The van der Waals surface area contributed by atoms with Crippen LogP contribution in [0.5, 0.6) is 0 Å². The van der Waals surface area contributed by atoms with Gasteiger partial charge in [-0.15, -0.1) is 0 Å².